The Morgan fingerprint density at radius 3 is 2.81 bits per heavy atom. The Kier molecular flexibility index (Phi) is 3.61. The van der Waals surface area contributed by atoms with Crippen LogP contribution in [0.3, 0.4) is 0 Å². The second-order valence-electron chi connectivity index (χ2n) is 4.29. The highest BCUT2D eigenvalue weighted by Gasteiger charge is 2.33. The van der Waals surface area contributed by atoms with E-state index in [9.17, 15) is 9.90 Å². The maximum Gasteiger partial charge on any atom is 0.118 e. The molecule has 1 aromatic carbocycles. The van der Waals surface area contributed by atoms with Crippen molar-refractivity contribution < 1.29 is 14.8 Å². The molecule has 2 rings (SSSR count). The normalized spacial score (nSPS) is 17.1. The van der Waals surface area contributed by atoms with Crippen LogP contribution < -0.4 is 10.0 Å². The lowest BCUT2D eigenvalue weighted by Crippen LogP contribution is -3.13. The van der Waals surface area contributed by atoms with Gasteiger partial charge in [0.05, 0.1) is 12.0 Å². The van der Waals surface area contributed by atoms with E-state index in [1.54, 1.807) is 0 Å². The van der Waals surface area contributed by atoms with Crippen LogP contribution in [0.5, 0.6) is 0 Å². The van der Waals surface area contributed by atoms with Crippen molar-refractivity contribution in [2.45, 2.75) is 25.4 Å². The Morgan fingerprint density at radius 2 is 2.25 bits per heavy atom. The van der Waals surface area contributed by atoms with Gasteiger partial charge in [0.15, 0.2) is 0 Å². The zero-order valence-corrected chi connectivity index (χ0v) is 10.5. The number of carboxylic acids is 1. The van der Waals surface area contributed by atoms with Gasteiger partial charge in [0.1, 0.15) is 13.1 Å². The Labute approximate surface area is 103 Å². The fraction of sp³-hybridized carbons (Fsp3) is 0.417. The van der Waals surface area contributed by atoms with E-state index in [1.807, 2.05) is 24.3 Å². The van der Waals surface area contributed by atoms with Crippen LogP contribution in [-0.4, -0.2) is 18.6 Å². The van der Waals surface area contributed by atoms with Crippen LogP contribution in [-0.2, 0) is 11.3 Å². The summed E-state index contributed by atoms with van der Waals surface area (Å²) < 4.78 is 1.04. The standard InChI is InChI=1S/C12H14BrNO2/c13-10-3-1-2-9(6-10)7-14(8-12(15)16)11-4-5-11/h1-3,6,11H,4-5,7-8H2,(H,15,16). The van der Waals surface area contributed by atoms with Crippen LogP contribution in [0.15, 0.2) is 28.7 Å². The summed E-state index contributed by atoms with van der Waals surface area (Å²) in [5.74, 6) is -0.961. The molecule has 1 fully saturated rings. The van der Waals surface area contributed by atoms with E-state index in [1.165, 1.54) is 0 Å². The number of hydrogen-bond donors (Lipinski definition) is 1. The van der Waals surface area contributed by atoms with Crippen molar-refractivity contribution in [1.82, 2.24) is 0 Å². The first-order valence-corrected chi connectivity index (χ1v) is 6.23. The molecule has 1 saturated carbocycles. The molecule has 0 saturated heterocycles. The molecule has 1 aliphatic carbocycles. The van der Waals surface area contributed by atoms with Gasteiger partial charge in [-0.1, -0.05) is 28.1 Å². The summed E-state index contributed by atoms with van der Waals surface area (Å²) in [5.41, 5.74) is 1.16. The number of aliphatic carboxylic acids is 1. The van der Waals surface area contributed by atoms with Crippen LogP contribution in [0.2, 0.25) is 0 Å². The molecule has 0 bridgehead atoms. The van der Waals surface area contributed by atoms with Gasteiger partial charge in [0, 0.05) is 22.9 Å². The van der Waals surface area contributed by atoms with Crippen molar-refractivity contribution in [2.75, 3.05) is 6.54 Å². The van der Waals surface area contributed by atoms with Crippen molar-refractivity contribution in [3.8, 4) is 0 Å². The number of quaternary nitrogens is 1. The van der Waals surface area contributed by atoms with E-state index in [4.69, 9.17) is 0 Å². The van der Waals surface area contributed by atoms with Gasteiger partial charge in [-0.3, -0.25) is 0 Å². The maximum atomic E-state index is 10.7. The highest BCUT2D eigenvalue weighted by atomic mass is 79.9. The van der Waals surface area contributed by atoms with E-state index < -0.39 is 5.97 Å². The van der Waals surface area contributed by atoms with Gasteiger partial charge in [-0.2, -0.15) is 0 Å². The quantitative estimate of drug-likeness (QED) is 0.810. The average Bonchev–Trinajstić information content (AvgIpc) is 2.99. The van der Waals surface area contributed by atoms with Crippen molar-refractivity contribution in [2.24, 2.45) is 0 Å². The molecule has 0 aromatic heterocycles. The maximum absolute atomic E-state index is 10.7. The molecule has 1 N–H and O–H groups in total. The highest BCUT2D eigenvalue weighted by molar-refractivity contribution is 9.10. The second-order valence-corrected chi connectivity index (χ2v) is 5.20. The van der Waals surface area contributed by atoms with E-state index in [2.05, 4.69) is 15.9 Å². The van der Waals surface area contributed by atoms with Gasteiger partial charge in [0.25, 0.3) is 0 Å². The number of carbonyl (C=O) groups excluding carboxylic acids is 1. The summed E-state index contributed by atoms with van der Waals surface area (Å²) in [6.45, 7) is 0.870. The highest BCUT2D eigenvalue weighted by Crippen LogP contribution is 2.16. The zero-order valence-electron chi connectivity index (χ0n) is 8.91. The molecule has 16 heavy (non-hydrogen) atoms. The fourth-order valence-corrected chi connectivity index (χ4v) is 2.38. The molecule has 1 aliphatic rings. The number of nitrogens with one attached hydrogen (secondary N) is 1. The Hall–Kier alpha value is -0.870. The molecule has 4 heteroatoms. The zero-order chi connectivity index (χ0) is 11.5. The Balaban J connectivity index is 2.02. The lowest BCUT2D eigenvalue weighted by Gasteiger charge is -2.19. The molecule has 0 heterocycles. The monoisotopic (exact) mass is 283 g/mol. The first-order valence-electron chi connectivity index (χ1n) is 5.44. The molecule has 0 radical (unpaired) electrons. The minimum absolute atomic E-state index is 0.108. The predicted octanol–water partition coefficient (Wildman–Crippen LogP) is -0.254. The summed E-state index contributed by atoms with van der Waals surface area (Å²) in [6.07, 6.45) is 2.27. The smallest absolute Gasteiger partial charge is 0.118 e. The van der Waals surface area contributed by atoms with Crippen molar-refractivity contribution in [3.63, 3.8) is 0 Å². The summed E-state index contributed by atoms with van der Waals surface area (Å²) >= 11 is 3.42. The van der Waals surface area contributed by atoms with Crippen molar-refractivity contribution in [1.29, 1.82) is 0 Å². The van der Waals surface area contributed by atoms with Gasteiger partial charge >= 0.3 is 0 Å². The van der Waals surface area contributed by atoms with Crippen molar-refractivity contribution in [3.05, 3.63) is 34.3 Å². The number of benzene rings is 1. The first-order chi connectivity index (χ1) is 7.65. The van der Waals surface area contributed by atoms with Crippen LogP contribution >= 0.6 is 15.9 Å². The van der Waals surface area contributed by atoms with E-state index >= 15 is 0 Å². The van der Waals surface area contributed by atoms with Gasteiger partial charge < -0.3 is 14.8 Å². The fourth-order valence-electron chi connectivity index (χ4n) is 1.94. The minimum atomic E-state index is -0.961. The van der Waals surface area contributed by atoms with Crippen LogP contribution in [0.1, 0.15) is 18.4 Å². The third kappa shape index (κ3) is 3.32. The molecule has 1 unspecified atom stereocenters. The molecule has 1 aromatic rings. The van der Waals surface area contributed by atoms with Crippen LogP contribution in [0.4, 0.5) is 0 Å². The van der Waals surface area contributed by atoms with Gasteiger partial charge in [-0.05, 0) is 12.1 Å². The molecular formula is C12H14BrNO2. The van der Waals surface area contributed by atoms with Crippen LogP contribution in [0.25, 0.3) is 0 Å². The molecule has 1 atom stereocenters. The third-order valence-electron chi connectivity index (χ3n) is 2.85. The first kappa shape index (κ1) is 11.6. The minimum Gasteiger partial charge on any atom is -0.544 e. The number of hydrogen-bond acceptors (Lipinski definition) is 2. The average molecular weight is 284 g/mol. The number of rotatable bonds is 5. The third-order valence-corrected chi connectivity index (χ3v) is 3.34. The molecule has 3 nitrogen and oxygen atoms in total. The Morgan fingerprint density at radius 1 is 1.50 bits per heavy atom. The lowest BCUT2D eigenvalue weighted by atomic mass is 10.2. The van der Waals surface area contributed by atoms with Gasteiger partial charge in [-0.15, -0.1) is 0 Å². The second kappa shape index (κ2) is 4.97. The summed E-state index contributed by atoms with van der Waals surface area (Å²) in [5, 5.41) is 10.7. The predicted molar refractivity (Wildman–Crippen MR) is 61.7 cm³/mol. The summed E-state index contributed by atoms with van der Waals surface area (Å²) in [6, 6.07) is 8.53. The summed E-state index contributed by atoms with van der Waals surface area (Å²) in [7, 11) is 0. The van der Waals surface area contributed by atoms with Crippen molar-refractivity contribution >= 4 is 21.9 Å². The van der Waals surface area contributed by atoms with Gasteiger partial charge in [0.2, 0.25) is 0 Å². The molecule has 0 spiro atoms. The van der Waals surface area contributed by atoms with E-state index in [0.717, 1.165) is 34.3 Å². The molecule has 86 valence electrons. The van der Waals surface area contributed by atoms with E-state index in [-0.39, 0.29) is 6.54 Å². The topological polar surface area (TPSA) is 44.6 Å². The number of carbonyl (C=O) groups is 1. The summed E-state index contributed by atoms with van der Waals surface area (Å²) in [4.78, 5) is 11.8. The molecular weight excluding hydrogens is 270 g/mol. The van der Waals surface area contributed by atoms with Gasteiger partial charge in [-0.25, -0.2) is 0 Å². The van der Waals surface area contributed by atoms with E-state index in [0.29, 0.717) is 6.04 Å². The Bertz CT molecular complexity index is 390. The number of halogens is 1. The largest absolute Gasteiger partial charge is 0.544 e. The molecule has 0 amide bonds. The lowest BCUT2D eigenvalue weighted by molar-refractivity contribution is -0.919. The SMILES string of the molecule is O=C([O-])C[NH+](Cc1cccc(Br)c1)C1CC1. The van der Waals surface area contributed by atoms with Crippen LogP contribution in [0, 0.1) is 0 Å². The molecule has 0 aliphatic heterocycles. The number of carboxylic acid groups (broad SMARTS) is 1.